The summed E-state index contributed by atoms with van der Waals surface area (Å²) in [4.78, 5) is 4.13. The molecule has 0 bridgehead atoms. The minimum Gasteiger partial charge on any atom is -0.394 e. The van der Waals surface area contributed by atoms with Gasteiger partial charge in [0.25, 0.3) is 10.0 Å². The van der Waals surface area contributed by atoms with Crippen molar-refractivity contribution in [3.05, 3.63) is 12.0 Å². The quantitative estimate of drug-likeness (QED) is 0.861. The summed E-state index contributed by atoms with van der Waals surface area (Å²) >= 11 is 0. The number of aliphatic hydroxyl groups is 1. The zero-order valence-electron chi connectivity index (χ0n) is 13.0. The third-order valence-corrected chi connectivity index (χ3v) is 5.90. The molecular weight excluding hydrogens is 290 g/mol. The highest BCUT2D eigenvalue weighted by Gasteiger charge is 2.38. The summed E-state index contributed by atoms with van der Waals surface area (Å²) in [7, 11) is -3.70. The Bertz CT molecular complexity index is 587. The van der Waals surface area contributed by atoms with Crippen LogP contribution in [0.5, 0.6) is 0 Å². The van der Waals surface area contributed by atoms with Crippen molar-refractivity contribution in [1.29, 1.82) is 0 Å². The number of hydrogen-bond donors (Lipinski definition) is 2. The normalized spacial score (nSPS) is 27.0. The van der Waals surface area contributed by atoms with Crippen molar-refractivity contribution >= 4 is 10.0 Å². The van der Waals surface area contributed by atoms with Crippen LogP contribution in [0.4, 0.5) is 0 Å². The lowest BCUT2D eigenvalue weighted by Crippen LogP contribution is -2.53. The molecule has 120 valence electrons. The van der Waals surface area contributed by atoms with E-state index in [4.69, 9.17) is 0 Å². The molecule has 0 aliphatic heterocycles. The maximum absolute atomic E-state index is 12.5. The smallest absolute Gasteiger partial charge is 0.260 e. The van der Waals surface area contributed by atoms with Crippen LogP contribution in [0.15, 0.2) is 11.2 Å². The van der Waals surface area contributed by atoms with Crippen molar-refractivity contribution < 1.29 is 13.5 Å². The molecule has 1 aliphatic carbocycles. The molecule has 1 saturated carbocycles. The second kappa shape index (κ2) is 6.06. The maximum atomic E-state index is 12.5. The Morgan fingerprint density at radius 3 is 2.57 bits per heavy atom. The first-order valence-corrected chi connectivity index (χ1v) is 8.99. The van der Waals surface area contributed by atoms with Crippen LogP contribution in [0.3, 0.4) is 0 Å². The van der Waals surface area contributed by atoms with Crippen molar-refractivity contribution in [2.24, 2.45) is 5.92 Å². The van der Waals surface area contributed by atoms with Crippen LogP contribution < -0.4 is 4.72 Å². The van der Waals surface area contributed by atoms with E-state index in [0.29, 0.717) is 31.1 Å². The average molecular weight is 315 g/mol. The molecule has 0 amide bonds. The van der Waals surface area contributed by atoms with Gasteiger partial charge in [-0.3, -0.25) is 0 Å². The van der Waals surface area contributed by atoms with Crippen LogP contribution in [0.1, 0.15) is 45.4 Å². The molecule has 1 aliphatic rings. The van der Waals surface area contributed by atoms with E-state index in [0.717, 1.165) is 12.8 Å². The van der Waals surface area contributed by atoms with E-state index in [1.807, 2.05) is 6.92 Å². The Hall–Kier alpha value is -0.920. The van der Waals surface area contributed by atoms with E-state index in [-0.39, 0.29) is 11.6 Å². The number of hydrogen-bond acceptors (Lipinski definition) is 4. The van der Waals surface area contributed by atoms with Crippen molar-refractivity contribution in [2.45, 2.75) is 63.6 Å². The fraction of sp³-hybridized carbons (Fsp3) is 0.786. The topological polar surface area (TPSA) is 84.2 Å². The number of imidazole rings is 1. The lowest BCUT2D eigenvalue weighted by molar-refractivity contribution is 0.125. The van der Waals surface area contributed by atoms with Gasteiger partial charge >= 0.3 is 0 Å². The van der Waals surface area contributed by atoms with Crippen LogP contribution in [0, 0.1) is 12.8 Å². The molecule has 2 N–H and O–H groups in total. The lowest BCUT2D eigenvalue weighted by Gasteiger charge is -2.38. The summed E-state index contributed by atoms with van der Waals surface area (Å²) in [5, 5.41) is 9.73. The summed E-state index contributed by atoms with van der Waals surface area (Å²) in [5.74, 6) is 1.25. The van der Waals surface area contributed by atoms with Crippen molar-refractivity contribution in [2.75, 3.05) is 6.61 Å². The number of aliphatic hydroxyl groups excluding tert-OH is 1. The summed E-state index contributed by atoms with van der Waals surface area (Å²) in [6.45, 7) is 6.38. The maximum Gasteiger partial charge on any atom is 0.260 e. The average Bonchev–Trinajstić information content (AvgIpc) is 2.83. The lowest BCUT2D eigenvalue weighted by atomic mass is 9.78. The van der Waals surface area contributed by atoms with Crippen LogP contribution in [-0.4, -0.2) is 35.2 Å². The second-order valence-corrected chi connectivity index (χ2v) is 7.77. The highest BCUT2D eigenvalue weighted by Crippen LogP contribution is 2.32. The molecule has 1 aromatic rings. The van der Waals surface area contributed by atoms with Crippen LogP contribution in [0.2, 0.25) is 0 Å². The molecule has 7 heteroatoms. The highest BCUT2D eigenvalue weighted by molar-refractivity contribution is 7.89. The molecular formula is C14H25N3O3S. The van der Waals surface area contributed by atoms with Gasteiger partial charge in [-0.1, -0.05) is 6.92 Å². The molecule has 0 spiro atoms. The second-order valence-electron chi connectivity index (χ2n) is 6.14. The number of nitrogens with zero attached hydrogens (tertiary/aromatic N) is 2. The summed E-state index contributed by atoms with van der Waals surface area (Å²) in [6.07, 6.45) is 4.72. The monoisotopic (exact) mass is 315 g/mol. The molecule has 0 atom stereocenters. The number of aryl methyl sites for hydroxylation is 2. The van der Waals surface area contributed by atoms with E-state index in [9.17, 15) is 13.5 Å². The number of aromatic nitrogens is 2. The van der Waals surface area contributed by atoms with Gasteiger partial charge in [-0.2, -0.15) is 0 Å². The minimum atomic E-state index is -3.70. The molecule has 6 nitrogen and oxygen atoms in total. The molecule has 1 heterocycles. The Morgan fingerprint density at radius 2 is 2.10 bits per heavy atom. The molecule has 0 saturated heterocycles. The molecule has 0 unspecified atom stereocenters. The molecule has 1 aromatic heterocycles. The van der Waals surface area contributed by atoms with E-state index >= 15 is 0 Å². The van der Waals surface area contributed by atoms with Gasteiger partial charge in [-0.05, 0) is 45.4 Å². The standard InChI is InChI=1S/C14H25N3O3S/c1-4-17-9-13(15-12(17)3)21(19,20)16-14(10-18)7-5-11(2)6-8-14/h9,11,16,18H,4-8,10H2,1-3H3. The zero-order chi connectivity index (χ0) is 15.7. The Kier molecular flexibility index (Phi) is 4.75. The summed E-state index contributed by atoms with van der Waals surface area (Å²) in [6, 6.07) is 0. The van der Waals surface area contributed by atoms with Gasteiger partial charge < -0.3 is 9.67 Å². The number of sulfonamides is 1. The molecule has 2 rings (SSSR count). The fourth-order valence-corrected chi connectivity index (χ4v) is 4.33. The predicted octanol–water partition coefficient (Wildman–Crippen LogP) is 1.43. The Morgan fingerprint density at radius 1 is 1.48 bits per heavy atom. The SMILES string of the molecule is CCn1cc(S(=O)(=O)NC2(CO)CCC(C)CC2)nc1C. The molecule has 0 radical (unpaired) electrons. The summed E-state index contributed by atoms with van der Waals surface area (Å²) < 4.78 is 29.6. The van der Waals surface area contributed by atoms with Gasteiger partial charge in [0.2, 0.25) is 0 Å². The van der Waals surface area contributed by atoms with Gasteiger partial charge in [0.05, 0.1) is 12.1 Å². The van der Waals surface area contributed by atoms with Gasteiger partial charge in [0.1, 0.15) is 5.82 Å². The first-order chi connectivity index (χ1) is 9.82. The third kappa shape index (κ3) is 3.46. The van der Waals surface area contributed by atoms with Crippen LogP contribution >= 0.6 is 0 Å². The Labute approximate surface area is 126 Å². The summed E-state index contributed by atoms with van der Waals surface area (Å²) in [5.41, 5.74) is -0.741. The molecule has 21 heavy (non-hydrogen) atoms. The molecule has 0 aromatic carbocycles. The van der Waals surface area contributed by atoms with Crippen molar-refractivity contribution in [1.82, 2.24) is 14.3 Å². The van der Waals surface area contributed by atoms with Gasteiger partial charge in [0.15, 0.2) is 5.03 Å². The minimum absolute atomic E-state index is 0.0355. The van der Waals surface area contributed by atoms with Crippen LogP contribution in [-0.2, 0) is 16.6 Å². The highest BCUT2D eigenvalue weighted by atomic mass is 32.2. The first kappa shape index (κ1) is 16.5. The van der Waals surface area contributed by atoms with Gasteiger partial charge in [-0.15, -0.1) is 0 Å². The first-order valence-electron chi connectivity index (χ1n) is 7.50. The van der Waals surface area contributed by atoms with E-state index in [1.54, 1.807) is 17.7 Å². The number of nitrogens with one attached hydrogen (secondary N) is 1. The van der Waals surface area contributed by atoms with Gasteiger partial charge in [-0.25, -0.2) is 18.1 Å². The predicted molar refractivity (Wildman–Crippen MR) is 80.4 cm³/mol. The fourth-order valence-electron chi connectivity index (χ4n) is 2.87. The van der Waals surface area contributed by atoms with E-state index < -0.39 is 15.6 Å². The van der Waals surface area contributed by atoms with Crippen LogP contribution in [0.25, 0.3) is 0 Å². The third-order valence-electron chi connectivity index (χ3n) is 4.45. The Balaban J connectivity index is 2.22. The number of rotatable bonds is 5. The zero-order valence-corrected chi connectivity index (χ0v) is 13.8. The van der Waals surface area contributed by atoms with E-state index in [2.05, 4.69) is 16.6 Å². The molecule has 1 fully saturated rings. The van der Waals surface area contributed by atoms with Crippen molar-refractivity contribution in [3.8, 4) is 0 Å². The largest absolute Gasteiger partial charge is 0.394 e. The van der Waals surface area contributed by atoms with Crippen molar-refractivity contribution in [3.63, 3.8) is 0 Å². The van der Waals surface area contributed by atoms with E-state index in [1.165, 1.54) is 0 Å². The van der Waals surface area contributed by atoms with Gasteiger partial charge in [0, 0.05) is 12.7 Å².